The first-order valence-corrected chi connectivity index (χ1v) is 40.9. The topological polar surface area (TPSA) is 662 Å². The molecule has 0 aromatic heterocycles. The molecule has 8 amide bonds. The fourth-order valence-corrected chi connectivity index (χ4v) is 16.5. The molecular weight excluding hydrogens is 1760 g/mol. The summed E-state index contributed by atoms with van der Waals surface area (Å²) in [6.45, 7) is -2.21. The van der Waals surface area contributed by atoms with E-state index in [4.69, 9.17) is 71.6 Å². The number of aliphatic carboxylic acids is 1. The Morgan fingerprint density at radius 1 is 0.485 bits per heavy atom. The van der Waals surface area contributed by atoms with Gasteiger partial charge in [-0.3, -0.25) is 38.4 Å². The SMILES string of the molecule is CC(=O)N[C@H]1C(O)[C@H](O)C(CO)O[C@H]1O[C@@H]1c2ccc(c(Cl)c2)Oc2cc3cc(c2O[C@@H]2OC(CO)[C@@H](O)[C@H](O)C2NC(=O)Cc2ccccc2)Oc2ccc(cc2Cl)C[C@H]2NC(=O)[C@H](N)c4ccc(O)c(c4)Oc4cc(O)cc(c4)[C@H](NC2=O)C(=O)N[C@H]3C(=O)N[C@H]2C(=O)N[C@@H]1C(=O)N[C@H](C(=O)O)c1cc(O)cc(O[C@H]3OC(CO)[C@@H](O)[C@@H](O)C3O)c1-c1cc2ccc1O. The van der Waals surface area contributed by atoms with E-state index in [1.807, 2.05) is 0 Å². The van der Waals surface area contributed by atoms with Gasteiger partial charge in [-0.15, -0.1) is 0 Å². The van der Waals surface area contributed by atoms with Crippen LogP contribution in [0.4, 0.5) is 0 Å². The molecule has 8 aromatic rings. The number of aromatic hydroxyl groups is 4. The highest BCUT2D eigenvalue weighted by Crippen LogP contribution is 2.51. The molecule has 25 N–H and O–H groups in total. The molecule has 17 bridgehead atoms. The Morgan fingerprint density at radius 2 is 1.04 bits per heavy atom. The number of aliphatic hydroxyl groups excluding tert-OH is 10. The second kappa shape index (κ2) is 38.1. The fourth-order valence-electron chi connectivity index (χ4n) is 16.0. The lowest BCUT2D eigenvalue weighted by Crippen LogP contribution is -2.65. The van der Waals surface area contributed by atoms with Gasteiger partial charge in [0.1, 0.15) is 156 Å². The van der Waals surface area contributed by atoms with Gasteiger partial charge in [-0.25, -0.2) is 4.79 Å². The van der Waals surface area contributed by atoms with Crippen LogP contribution in [0.25, 0.3) is 11.1 Å². The van der Waals surface area contributed by atoms with E-state index in [1.165, 1.54) is 30.3 Å². The van der Waals surface area contributed by atoms with Crippen molar-refractivity contribution in [2.45, 2.75) is 160 Å². The molecule has 44 heteroatoms. The molecule has 0 saturated carbocycles. The number of carbonyl (C=O) groups is 9. The van der Waals surface area contributed by atoms with Crippen LogP contribution in [-0.2, 0) is 74.9 Å². The number of carboxylic acid groups (broad SMARTS) is 1. The number of benzene rings is 8. The molecule has 9 aliphatic rings. The van der Waals surface area contributed by atoms with Gasteiger partial charge in [0.15, 0.2) is 35.3 Å². The molecule has 9 aliphatic heterocycles. The van der Waals surface area contributed by atoms with Gasteiger partial charge in [0.2, 0.25) is 65.6 Å². The number of nitrogens with one attached hydrogen (secondary N) is 8. The third kappa shape index (κ3) is 19.0. The van der Waals surface area contributed by atoms with Crippen molar-refractivity contribution in [1.82, 2.24) is 42.5 Å². The van der Waals surface area contributed by atoms with E-state index in [-0.39, 0.29) is 39.8 Å². The zero-order valence-corrected chi connectivity index (χ0v) is 69.1. The normalized spacial score (nSPS) is 29.1. The van der Waals surface area contributed by atoms with Crippen LogP contribution in [0.1, 0.15) is 87.7 Å². The van der Waals surface area contributed by atoms with Crippen molar-refractivity contribution in [3.8, 4) is 80.1 Å². The highest BCUT2D eigenvalue weighted by Gasteiger charge is 2.52. The van der Waals surface area contributed by atoms with Crippen LogP contribution in [0.3, 0.4) is 0 Å². The molecule has 17 rings (SSSR count). The first-order valence-electron chi connectivity index (χ1n) is 40.2. The number of ether oxygens (including phenoxy) is 9. The Labute approximate surface area is 743 Å². The molecule has 130 heavy (non-hydrogen) atoms. The Hall–Kier alpha value is -12.8. The van der Waals surface area contributed by atoms with E-state index >= 15 is 24.0 Å². The fraction of sp³-hybridized carbons (Fsp3) is 0.337. The minimum Gasteiger partial charge on any atom is -0.508 e. The zero-order chi connectivity index (χ0) is 92.9. The number of amides is 8. The molecule has 0 radical (unpaired) electrons. The first-order chi connectivity index (χ1) is 62.0. The van der Waals surface area contributed by atoms with Crippen molar-refractivity contribution in [2.24, 2.45) is 5.73 Å². The predicted octanol–water partition coefficient (Wildman–Crippen LogP) is -0.734. The number of aliphatic hydroxyl groups is 10. The summed E-state index contributed by atoms with van der Waals surface area (Å²) < 4.78 is 57.3. The molecule has 42 nitrogen and oxygen atoms in total. The molecule has 9 heterocycles. The van der Waals surface area contributed by atoms with Crippen LogP contribution in [0.2, 0.25) is 10.0 Å². The van der Waals surface area contributed by atoms with Crippen molar-refractivity contribution in [1.29, 1.82) is 0 Å². The third-order valence-corrected chi connectivity index (χ3v) is 23.2. The zero-order valence-electron chi connectivity index (χ0n) is 67.6. The molecule has 8 aromatic carbocycles. The summed E-state index contributed by atoms with van der Waals surface area (Å²) in [5, 5.41) is 190. The van der Waals surface area contributed by atoms with Crippen LogP contribution in [-0.4, -0.2) is 254 Å². The van der Waals surface area contributed by atoms with E-state index in [0.717, 1.165) is 91.9 Å². The van der Waals surface area contributed by atoms with Crippen molar-refractivity contribution in [3.63, 3.8) is 0 Å². The van der Waals surface area contributed by atoms with E-state index in [0.29, 0.717) is 5.56 Å². The van der Waals surface area contributed by atoms with E-state index in [9.17, 15) is 95.8 Å². The van der Waals surface area contributed by atoms with Crippen LogP contribution >= 0.6 is 23.2 Å². The number of carbonyl (C=O) groups excluding carboxylic acids is 8. The largest absolute Gasteiger partial charge is 0.508 e. The maximum absolute atomic E-state index is 17.0. The van der Waals surface area contributed by atoms with Crippen molar-refractivity contribution in [3.05, 3.63) is 200 Å². The van der Waals surface area contributed by atoms with Crippen LogP contribution in [0.5, 0.6) is 69.0 Å². The minimum absolute atomic E-state index is 0.0219. The summed E-state index contributed by atoms with van der Waals surface area (Å²) in [4.78, 5) is 138. The molecule has 0 spiro atoms. The molecule has 3 saturated heterocycles. The molecule has 686 valence electrons. The standard InChI is InChI=1S/C86H85Cl2N9O33/c1-31(101)90-65-71(110)68(107)55(28-98)126-84(65)129-75-36-10-14-50(45(88)21-36)124-54-24-38-23-53(76(54)130-85-66(72(111)69(108)56(29-99)127-85)92-58(106)17-32-5-3-2-4-6-32)123-49-13-7-33(15-44(49)87)16-46-77(114)93-62(37-18-39(102)25-41(19-37)122-51-22-34(8-12-48(51)105)60(89)78(115)91-46)80(117)95-63(38)81(118)94-61-35-9-11-47(104)42(20-35)59-43(64(83(120)121)96-82(119)67(75)97-79(61)116)26-40(103)27-52(59)125-86-74(113)73(112)70(109)57(30-100)128-86/h2-15,18-27,46,55-57,60-75,84-86,98-100,102-105,107-113H,16-17,28-30,89H2,1H3,(H,90,101)(H,91,115)(H,92,106)(H,93,114)(H,94,118)(H,95,117)(H,96,119)(H,97,116)(H,120,121)/t46-,55?,56?,57?,60-,61-,62+,63-,64+,65+,66?,67+,68-,69-,70-,71?,72-,73-,74?,75-,84+,85+,86+/m1/s1. The number of fused-ring (bicyclic) bond motifs is 14. The maximum atomic E-state index is 17.0. The summed E-state index contributed by atoms with van der Waals surface area (Å²) in [7, 11) is 0. The lowest BCUT2D eigenvalue weighted by atomic mass is 9.89. The summed E-state index contributed by atoms with van der Waals surface area (Å²) in [6, 6.07) is 8.55. The van der Waals surface area contributed by atoms with Crippen LogP contribution < -0.4 is 72.0 Å². The van der Waals surface area contributed by atoms with Crippen molar-refractivity contribution >= 4 is 76.4 Å². The first kappa shape index (κ1) is 91.9. The van der Waals surface area contributed by atoms with Gasteiger partial charge in [0.25, 0.3) is 0 Å². The average molecular weight is 1840 g/mol. The van der Waals surface area contributed by atoms with Crippen molar-refractivity contribution in [2.75, 3.05) is 19.8 Å². The van der Waals surface area contributed by atoms with Gasteiger partial charge in [-0.2, -0.15) is 0 Å². The van der Waals surface area contributed by atoms with E-state index in [2.05, 4.69) is 42.5 Å². The average Bonchev–Trinajstić information content (AvgIpc) is 0.754. The number of hydrogen-bond acceptors (Lipinski definition) is 33. The maximum Gasteiger partial charge on any atom is 0.330 e. The summed E-state index contributed by atoms with van der Waals surface area (Å²) in [6.07, 6.45) is -29.8. The molecule has 23 atom stereocenters. The second-order valence-electron chi connectivity index (χ2n) is 31.5. The van der Waals surface area contributed by atoms with Gasteiger partial charge in [0, 0.05) is 42.2 Å². The third-order valence-electron chi connectivity index (χ3n) is 22.7. The van der Waals surface area contributed by atoms with Gasteiger partial charge in [-0.05, 0) is 118 Å². The number of rotatable bonds is 14. The lowest BCUT2D eigenvalue weighted by Gasteiger charge is -2.44. The molecule has 0 aliphatic carbocycles. The lowest BCUT2D eigenvalue weighted by molar-refractivity contribution is -0.284. The quantitative estimate of drug-likeness (QED) is 0.0638. The summed E-state index contributed by atoms with van der Waals surface area (Å²) in [5.41, 5.74) is 3.16. The van der Waals surface area contributed by atoms with Crippen molar-refractivity contribution < 1.29 is 162 Å². The smallest absolute Gasteiger partial charge is 0.330 e. The van der Waals surface area contributed by atoms with Gasteiger partial charge in [-0.1, -0.05) is 77.8 Å². The van der Waals surface area contributed by atoms with Crippen LogP contribution in [0, 0.1) is 0 Å². The minimum atomic E-state index is -2.60. The van der Waals surface area contributed by atoms with Gasteiger partial charge in [0.05, 0.1) is 36.3 Å². The Kier molecular flexibility index (Phi) is 26.9. The monoisotopic (exact) mass is 1840 g/mol. The van der Waals surface area contributed by atoms with E-state index < -0.39 is 316 Å². The summed E-state index contributed by atoms with van der Waals surface area (Å²) >= 11 is 14.7. The predicted molar refractivity (Wildman–Crippen MR) is 441 cm³/mol. The number of halogens is 2. The molecular formula is C86H85Cl2N9O33. The highest BCUT2D eigenvalue weighted by atomic mass is 35.5. The number of phenols is 4. The number of carboxylic acids is 1. The number of hydrogen-bond donors (Lipinski definition) is 24. The number of nitrogens with two attached hydrogens (primary N) is 1. The van der Waals surface area contributed by atoms with Gasteiger partial charge >= 0.3 is 5.97 Å². The highest BCUT2D eigenvalue weighted by molar-refractivity contribution is 6.32. The Balaban J connectivity index is 1.000. The summed E-state index contributed by atoms with van der Waals surface area (Å²) in [5.74, 6) is -19.9. The Bertz CT molecular complexity index is 5750. The van der Waals surface area contributed by atoms with Crippen LogP contribution in [0.15, 0.2) is 146 Å². The number of phenolic OH excluding ortho intramolecular Hbond substituents is 4. The molecule has 3 fully saturated rings. The van der Waals surface area contributed by atoms with Gasteiger partial charge < -0.3 is 167 Å². The second-order valence-corrected chi connectivity index (χ2v) is 32.3. The molecule has 6 unspecified atom stereocenters. The van der Waals surface area contributed by atoms with E-state index in [1.54, 1.807) is 30.3 Å². The Morgan fingerprint density at radius 3 is 1.67 bits per heavy atom.